The maximum absolute atomic E-state index is 9.86. The van der Waals surface area contributed by atoms with Crippen LogP contribution in [0.4, 0.5) is 5.88 Å². The zero-order valence-electron chi connectivity index (χ0n) is 8.40. The van der Waals surface area contributed by atoms with Gasteiger partial charge in [-0.25, -0.2) is 0 Å². The van der Waals surface area contributed by atoms with E-state index in [4.69, 9.17) is 15.0 Å². The number of phenols is 1. The average molecular weight is 285 g/mol. The molecule has 1 aromatic heterocycles. The van der Waals surface area contributed by atoms with Gasteiger partial charge < -0.3 is 20.1 Å². The Morgan fingerprint density at radius 1 is 1.44 bits per heavy atom. The fourth-order valence-electron chi connectivity index (χ4n) is 1.30. The van der Waals surface area contributed by atoms with E-state index in [1.165, 1.54) is 6.07 Å². The van der Waals surface area contributed by atoms with Gasteiger partial charge in [0.1, 0.15) is 17.2 Å². The van der Waals surface area contributed by atoms with Gasteiger partial charge in [0.05, 0.1) is 17.1 Å². The van der Waals surface area contributed by atoms with E-state index in [1.807, 2.05) is 0 Å². The van der Waals surface area contributed by atoms with E-state index in [1.54, 1.807) is 19.2 Å². The summed E-state index contributed by atoms with van der Waals surface area (Å²) in [5, 5.41) is 13.6. The number of rotatable bonds is 2. The molecule has 6 heteroatoms. The molecule has 0 saturated heterocycles. The number of hydrogen-bond donors (Lipinski definition) is 2. The second-order valence-electron chi connectivity index (χ2n) is 3.12. The number of nitrogen functional groups attached to an aromatic ring is 1. The normalized spacial score (nSPS) is 10.4. The zero-order chi connectivity index (χ0) is 11.7. The van der Waals surface area contributed by atoms with Crippen LogP contribution in [0.2, 0.25) is 0 Å². The molecule has 0 aliphatic carbocycles. The van der Waals surface area contributed by atoms with Crippen molar-refractivity contribution in [2.45, 2.75) is 0 Å². The topological polar surface area (TPSA) is 81.5 Å². The standard InChI is InChI=1S/C10H9BrN2O3/c1-15-5-2-6(10(14)7(11)3-5)8-4-9(12)16-13-8/h2-4,14H,12H2,1H3. The Bertz CT molecular complexity index is 525. The van der Waals surface area contributed by atoms with Crippen molar-refractivity contribution in [3.05, 3.63) is 22.7 Å². The molecular weight excluding hydrogens is 276 g/mol. The number of ether oxygens (including phenoxy) is 1. The van der Waals surface area contributed by atoms with Crippen molar-refractivity contribution < 1.29 is 14.4 Å². The second kappa shape index (κ2) is 4.05. The third kappa shape index (κ3) is 1.83. The molecule has 0 atom stereocenters. The summed E-state index contributed by atoms with van der Waals surface area (Å²) in [5.41, 5.74) is 6.37. The van der Waals surface area contributed by atoms with E-state index >= 15 is 0 Å². The monoisotopic (exact) mass is 284 g/mol. The van der Waals surface area contributed by atoms with Crippen LogP contribution in [-0.2, 0) is 0 Å². The van der Waals surface area contributed by atoms with E-state index in [-0.39, 0.29) is 11.6 Å². The van der Waals surface area contributed by atoms with Crippen molar-refractivity contribution in [2.24, 2.45) is 0 Å². The van der Waals surface area contributed by atoms with E-state index in [0.717, 1.165) is 0 Å². The number of aromatic hydroxyl groups is 1. The minimum absolute atomic E-state index is 0.0640. The molecule has 16 heavy (non-hydrogen) atoms. The number of nitrogens with zero attached hydrogens (tertiary/aromatic N) is 1. The summed E-state index contributed by atoms with van der Waals surface area (Å²) < 4.78 is 10.4. The lowest BCUT2D eigenvalue weighted by Gasteiger charge is -2.06. The van der Waals surface area contributed by atoms with Crippen molar-refractivity contribution in [2.75, 3.05) is 12.8 Å². The summed E-state index contributed by atoms with van der Waals surface area (Å²) in [4.78, 5) is 0. The predicted molar refractivity (Wildman–Crippen MR) is 62.3 cm³/mol. The molecule has 0 unspecified atom stereocenters. The van der Waals surface area contributed by atoms with E-state index in [9.17, 15) is 5.11 Å². The van der Waals surface area contributed by atoms with Crippen molar-refractivity contribution in [3.8, 4) is 22.8 Å². The molecule has 0 radical (unpaired) electrons. The lowest BCUT2D eigenvalue weighted by molar-refractivity contribution is 0.411. The molecule has 0 aliphatic rings. The SMILES string of the molecule is COc1cc(Br)c(O)c(-c2cc(N)on2)c1. The fraction of sp³-hybridized carbons (Fsp3) is 0.100. The molecule has 0 bridgehead atoms. The van der Waals surface area contributed by atoms with Crippen molar-refractivity contribution in [1.29, 1.82) is 0 Å². The molecule has 3 N–H and O–H groups in total. The molecule has 0 fully saturated rings. The molecule has 0 spiro atoms. The Labute approximate surface area is 99.9 Å². The van der Waals surface area contributed by atoms with Crippen LogP contribution in [0.5, 0.6) is 11.5 Å². The number of aromatic nitrogens is 1. The quantitative estimate of drug-likeness (QED) is 0.885. The minimum Gasteiger partial charge on any atom is -0.506 e. The maximum Gasteiger partial charge on any atom is 0.222 e. The Kier molecular flexibility index (Phi) is 2.74. The third-order valence-corrected chi connectivity index (χ3v) is 2.68. The van der Waals surface area contributed by atoms with Crippen LogP contribution in [0.3, 0.4) is 0 Å². The Balaban J connectivity index is 2.59. The second-order valence-corrected chi connectivity index (χ2v) is 3.97. The number of nitrogens with two attached hydrogens (primary N) is 1. The van der Waals surface area contributed by atoms with E-state index in [0.29, 0.717) is 21.5 Å². The van der Waals surface area contributed by atoms with Gasteiger partial charge in [-0.1, -0.05) is 5.16 Å². The zero-order valence-corrected chi connectivity index (χ0v) is 9.98. The van der Waals surface area contributed by atoms with Crippen molar-refractivity contribution >= 4 is 21.8 Å². The fourth-order valence-corrected chi connectivity index (χ4v) is 1.74. The van der Waals surface area contributed by atoms with Gasteiger partial charge in [0.25, 0.3) is 0 Å². The van der Waals surface area contributed by atoms with Crippen molar-refractivity contribution in [1.82, 2.24) is 5.16 Å². The number of halogens is 1. The highest BCUT2D eigenvalue weighted by molar-refractivity contribution is 9.10. The molecular formula is C10H9BrN2O3. The summed E-state index contributed by atoms with van der Waals surface area (Å²) in [6.07, 6.45) is 0. The number of hydrogen-bond acceptors (Lipinski definition) is 5. The van der Waals surface area contributed by atoms with Crippen LogP contribution in [0.1, 0.15) is 0 Å². The number of methoxy groups -OCH3 is 1. The summed E-state index contributed by atoms with van der Waals surface area (Å²) >= 11 is 3.22. The molecule has 2 rings (SSSR count). The van der Waals surface area contributed by atoms with Crippen LogP contribution >= 0.6 is 15.9 Å². The van der Waals surface area contributed by atoms with Crippen LogP contribution in [0.25, 0.3) is 11.3 Å². The first-order valence-electron chi connectivity index (χ1n) is 4.41. The molecule has 84 valence electrons. The lowest BCUT2D eigenvalue weighted by atomic mass is 10.1. The molecule has 1 heterocycles. The van der Waals surface area contributed by atoms with Gasteiger partial charge in [0.15, 0.2) is 0 Å². The van der Waals surface area contributed by atoms with Gasteiger partial charge in [-0.15, -0.1) is 0 Å². The van der Waals surface area contributed by atoms with Gasteiger partial charge in [-0.3, -0.25) is 0 Å². The maximum atomic E-state index is 9.86. The smallest absolute Gasteiger partial charge is 0.222 e. The van der Waals surface area contributed by atoms with E-state index < -0.39 is 0 Å². The highest BCUT2D eigenvalue weighted by Crippen LogP contribution is 2.38. The van der Waals surface area contributed by atoms with Crippen LogP contribution in [-0.4, -0.2) is 17.4 Å². The Morgan fingerprint density at radius 3 is 2.75 bits per heavy atom. The summed E-state index contributed by atoms with van der Waals surface area (Å²) in [5.74, 6) is 0.851. The number of anilines is 1. The molecule has 2 aromatic rings. The van der Waals surface area contributed by atoms with Gasteiger partial charge in [0, 0.05) is 6.07 Å². The largest absolute Gasteiger partial charge is 0.506 e. The Hall–Kier alpha value is -1.69. The lowest BCUT2D eigenvalue weighted by Crippen LogP contribution is -1.86. The molecule has 0 saturated carbocycles. The summed E-state index contributed by atoms with van der Waals surface area (Å²) in [7, 11) is 1.54. The molecule has 1 aromatic carbocycles. The van der Waals surface area contributed by atoms with Crippen molar-refractivity contribution in [3.63, 3.8) is 0 Å². The van der Waals surface area contributed by atoms with Crippen LogP contribution < -0.4 is 10.5 Å². The first-order valence-corrected chi connectivity index (χ1v) is 5.20. The van der Waals surface area contributed by atoms with Gasteiger partial charge in [-0.2, -0.15) is 0 Å². The third-order valence-electron chi connectivity index (χ3n) is 2.08. The minimum atomic E-state index is 0.0640. The highest BCUT2D eigenvalue weighted by atomic mass is 79.9. The van der Waals surface area contributed by atoms with E-state index in [2.05, 4.69) is 21.1 Å². The molecule has 0 amide bonds. The predicted octanol–water partition coefficient (Wildman–Crippen LogP) is 2.40. The van der Waals surface area contributed by atoms with Gasteiger partial charge >= 0.3 is 0 Å². The first-order chi connectivity index (χ1) is 7.61. The number of benzene rings is 1. The summed E-state index contributed by atoms with van der Waals surface area (Å²) in [6, 6.07) is 4.83. The summed E-state index contributed by atoms with van der Waals surface area (Å²) in [6.45, 7) is 0. The molecule has 0 aliphatic heterocycles. The highest BCUT2D eigenvalue weighted by Gasteiger charge is 2.14. The first kappa shape index (κ1) is 10.8. The number of phenolic OH excluding ortho intramolecular Hbond substituents is 1. The van der Waals surface area contributed by atoms with Crippen LogP contribution in [0, 0.1) is 0 Å². The Morgan fingerprint density at radius 2 is 2.19 bits per heavy atom. The average Bonchev–Trinajstić information content (AvgIpc) is 2.68. The van der Waals surface area contributed by atoms with Gasteiger partial charge in [0.2, 0.25) is 5.88 Å². The van der Waals surface area contributed by atoms with Gasteiger partial charge in [-0.05, 0) is 28.1 Å². The molecule has 5 nitrogen and oxygen atoms in total. The van der Waals surface area contributed by atoms with Crippen LogP contribution in [0.15, 0.2) is 27.2 Å².